The summed E-state index contributed by atoms with van der Waals surface area (Å²) >= 11 is 0. The number of aromatic nitrogens is 3. The fourth-order valence-electron chi connectivity index (χ4n) is 2.87. The molecule has 2 amide bonds. The van der Waals surface area contributed by atoms with Gasteiger partial charge in [-0.1, -0.05) is 23.1 Å². The van der Waals surface area contributed by atoms with Crippen molar-refractivity contribution in [1.29, 1.82) is 0 Å². The normalized spacial score (nSPS) is 10.2. The van der Waals surface area contributed by atoms with Gasteiger partial charge in [0.05, 0.1) is 12.2 Å². The lowest BCUT2D eigenvalue weighted by molar-refractivity contribution is 0.0945. The molecule has 0 saturated carbocycles. The van der Waals surface area contributed by atoms with Crippen LogP contribution in [0, 0.1) is 17.7 Å². The van der Waals surface area contributed by atoms with Crippen LogP contribution in [0.15, 0.2) is 48.5 Å². The van der Waals surface area contributed by atoms with E-state index >= 15 is 0 Å². The van der Waals surface area contributed by atoms with Crippen LogP contribution >= 0.6 is 0 Å². The van der Waals surface area contributed by atoms with Crippen LogP contribution < -0.4 is 15.4 Å². The molecule has 170 valence electrons. The van der Waals surface area contributed by atoms with E-state index < -0.39 is 11.7 Å². The predicted octanol–water partition coefficient (Wildman–Crippen LogP) is 1.46. The van der Waals surface area contributed by atoms with Crippen LogP contribution in [0.2, 0.25) is 0 Å². The highest BCUT2D eigenvalue weighted by Crippen LogP contribution is 2.18. The van der Waals surface area contributed by atoms with E-state index in [4.69, 9.17) is 9.84 Å². The molecule has 0 atom stereocenters. The second-order valence-electron chi connectivity index (χ2n) is 6.64. The number of halogens is 1. The van der Waals surface area contributed by atoms with Crippen LogP contribution in [0.25, 0.3) is 5.69 Å². The average Bonchev–Trinajstić information content (AvgIpc) is 3.25. The fourth-order valence-corrected chi connectivity index (χ4v) is 2.87. The van der Waals surface area contributed by atoms with Crippen molar-refractivity contribution >= 4 is 11.8 Å². The zero-order valence-corrected chi connectivity index (χ0v) is 17.8. The van der Waals surface area contributed by atoms with Crippen molar-refractivity contribution in [2.75, 3.05) is 19.7 Å². The molecule has 3 N–H and O–H groups in total. The average molecular weight is 451 g/mol. The zero-order valence-electron chi connectivity index (χ0n) is 17.8. The molecule has 9 nitrogen and oxygen atoms in total. The Morgan fingerprint density at radius 3 is 2.61 bits per heavy atom. The van der Waals surface area contributed by atoms with Gasteiger partial charge in [-0.2, -0.15) is 0 Å². The molecule has 0 spiro atoms. The van der Waals surface area contributed by atoms with Crippen LogP contribution in [0.1, 0.15) is 33.5 Å². The Bertz CT molecular complexity index is 1180. The molecule has 0 saturated heterocycles. The Balaban J connectivity index is 1.89. The topological polar surface area (TPSA) is 118 Å². The summed E-state index contributed by atoms with van der Waals surface area (Å²) < 4.78 is 20.6. The lowest BCUT2D eigenvalue weighted by Gasteiger charge is -2.11. The monoisotopic (exact) mass is 451 g/mol. The molecule has 0 bridgehead atoms. The predicted molar refractivity (Wildman–Crippen MR) is 117 cm³/mol. The molecule has 0 fully saturated rings. The molecule has 3 rings (SSSR count). The van der Waals surface area contributed by atoms with Crippen molar-refractivity contribution < 1.29 is 23.8 Å². The molecule has 0 unspecified atom stereocenters. The van der Waals surface area contributed by atoms with Crippen molar-refractivity contribution in [1.82, 2.24) is 25.6 Å². The number of nitrogens with one attached hydrogen (secondary N) is 2. The molecule has 0 aliphatic carbocycles. The van der Waals surface area contributed by atoms with E-state index in [1.54, 1.807) is 30.3 Å². The molecule has 10 heteroatoms. The van der Waals surface area contributed by atoms with Gasteiger partial charge >= 0.3 is 0 Å². The standard InChI is InChI=1S/C23H22FN5O4/c1-2-25-22(31)16-8-10-18(11-9-16)29-20(15-33-19-7-5-6-17(24)14-19)21(27-28-29)23(32)26-12-3-4-13-30/h5-11,14,30H,2,12-13,15H2,1H3,(H,25,31)(H,26,32). The second-order valence-corrected chi connectivity index (χ2v) is 6.64. The highest BCUT2D eigenvalue weighted by Gasteiger charge is 2.21. The summed E-state index contributed by atoms with van der Waals surface area (Å²) in [6.07, 6.45) is 0. The van der Waals surface area contributed by atoms with E-state index in [-0.39, 0.29) is 37.1 Å². The summed E-state index contributed by atoms with van der Waals surface area (Å²) in [4.78, 5) is 24.6. The first-order valence-electron chi connectivity index (χ1n) is 10.1. The van der Waals surface area contributed by atoms with Gasteiger partial charge in [0.25, 0.3) is 11.8 Å². The number of carbonyl (C=O) groups is 2. The third-order valence-corrected chi connectivity index (χ3v) is 4.40. The van der Waals surface area contributed by atoms with Crippen LogP contribution in [-0.2, 0) is 6.61 Å². The number of amides is 2. The maximum absolute atomic E-state index is 13.5. The summed E-state index contributed by atoms with van der Waals surface area (Å²) in [5.74, 6) is 4.09. The van der Waals surface area contributed by atoms with Crippen LogP contribution in [0.4, 0.5) is 4.39 Å². The first kappa shape index (κ1) is 23.4. The van der Waals surface area contributed by atoms with Gasteiger partial charge in [-0.25, -0.2) is 9.07 Å². The van der Waals surface area contributed by atoms with Gasteiger partial charge in [-0.3, -0.25) is 9.59 Å². The molecule has 0 radical (unpaired) electrons. The number of aliphatic hydroxyl groups is 1. The highest BCUT2D eigenvalue weighted by atomic mass is 19.1. The second kappa shape index (κ2) is 11.4. The van der Waals surface area contributed by atoms with E-state index in [1.165, 1.54) is 22.9 Å². The summed E-state index contributed by atoms with van der Waals surface area (Å²) in [7, 11) is 0. The number of rotatable bonds is 8. The van der Waals surface area contributed by atoms with E-state index in [9.17, 15) is 14.0 Å². The molecule has 2 aromatic carbocycles. The van der Waals surface area contributed by atoms with E-state index in [0.717, 1.165) is 0 Å². The Hall–Kier alpha value is -4.23. The van der Waals surface area contributed by atoms with Crippen LogP contribution in [0.5, 0.6) is 5.75 Å². The van der Waals surface area contributed by atoms with Crippen molar-refractivity contribution in [2.45, 2.75) is 13.5 Å². The van der Waals surface area contributed by atoms with E-state index in [0.29, 0.717) is 23.5 Å². The SMILES string of the molecule is CCNC(=O)c1ccc(-n2nnc(C(=O)NCC#CCO)c2COc2cccc(F)c2)cc1. The number of carbonyl (C=O) groups excluding carboxylic acids is 2. The molecule has 1 heterocycles. The number of hydrogen-bond donors (Lipinski definition) is 3. The minimum absolute atomic E-state index is 0.00463. The number of nitrogens with zero attached hydrogens (tertiary/aromatic N) is 3. The Morgan fingerprint density at radius 2 is 1.91 bits per heavy atom. The van der Waals surface area contributed by atoms with Crippen molar-refractivity contribution in [3.63, 3.8) is 0 Å². The summed E-state index contributed by atoms with van der Waals surface area (Å²) in [5, 5.41) is 22.1. The van der Waals surface area contributed by atoms with Gasteiger partial charge in [0.2, 0.25) is 0 Å². The van der Waals surface area contributed by atoms with Gasteiger partial charge in [0.1, 0.15) is 30.5 Å². The minimum atomic E-state index is -0.537. The van der Waals surface area contributed by atoms with Crippen molar-refractivity contribution in [2.24, 2.45) is 0 Å². The largest absolute Gasteiger partial charge is 0.487 e. The van der Waals surface area contributed by atoms with Gasteiger partial charge < -0.3 is 20.5 Å². The Labute approximate surface area is 189 Å². The molecule has 0 aliphatic rings. The Kier molecular flexibility index (Phi) is 8.10. The zero-order chi connectivity index (χ0) is 23.6. The van der Waals surface area contributed by atoms with Crippen molar-refractivity contribution in [3.8, 4) is 23.3 Å². The number of hydrogen-bond acceptors (Lipinski definition) is 6. The van der Waals surface area contributed by atoms with Crippen LogP contribution in [-0.4, -0.2) is 51.6 Å². The third kappa shape index (κ3) is 6.15. The first-order chi connectivity index (χ1) is 16.0. The van der Waals surface area contributed by atoms with Crippen LogP contribution in [0.3, 0.4) is 0 Å². The van der Waals surface area contributed by atoms with Crippen molar-refractivity contribution in [3.05, 3.63) is 71.3 Å². The van der Waals surface area contributed by atoms with Gasteiger partial charge in [-0.15, -0.1) is 5.10 Å². The molecular weight excluding hydrogens is 429 g/mol. The lowest BCUT2D eigenvalue weighted by atomic mass is 10.2. The maximum Gasteiger partial charge on any atom is 0.274 e. The molecule has 3 aromatic rings. The minimum Gasteiger partial charge on any atom is -0.487 e. The maximum atomic E-state index is 13.5. The smallest absolute Gasteiger partial charge is 0.274 e. The highest BCUT2D eigenvalue weighted by molar-refractivity contribution is 5.94. The molecule has 1 aromatic heterocycles. The molecule has 0 aliphatic heterocycles. The van der Waals surface area contributed by atoms with E-state index in [2.05, 4.69) is 32.8 Å². The van der Waals surface area contributed by atoms with Gasteiger partial charge in [-0.05, 0) is 43.3 Å². The summed E-state index contributed by atoms with van der Waals surface area (Å²) in [5.41, 5.74) is 1.34. The summed E-state index contributed by atoms with van der Waals surface area (Å²) in [6, 6.07) is 12.2. The third-order valence-electron chi connectivity index (χ3n) is 4.40. The molecule has 33 heavy (non-hydrogen) atoms. The summed E-state index contributed by atoms with van der Waals surface area (Å²) in [6.45, 7) is 1.91. The van der Waals surface area contributed by atoms with Gasteiger partial charge in [0.15, 0.2) is 5.69 Å². The number of aliphatic hydroxyl groups excluding tert-OH is 1. The fraction of sp³-hybridized carbons (Fsp3) is 0.217. The van der Waals surface area contributed by atoms with E-state index in [1.807, 2.05) is 6.92 Å². The first-order valence-corrected chi connectivity index (χ1v) is 10.1. The number of ether oxygens (including phenoxy) is 1. The molecular formula is C23H22FN5O4. The van der Waals surface area contributed by atoms with Gasteiger partial charge in [0, 0.05) is 18.2 Å². The lowest BCUT2D eigenvalue weighted by Crippen LogP contribution is -2.26. The number of benzene rings is 2. The quantitative estimate of drug-likeness (QED) is 0.447. The Morgan fingerprint density at radius 1 is 1.12 bits per heavy atom.